The van der Waals surface area contributed by atoms with Gasteiger partial charge in [0.1, 0.15) is 11.4 Å². The van der Waals surface area contributed by atoms with Crippen LogP contribution < -0.4 is 5.32 Å². The summed E-state index contributed by atoms with van der Waals surface area (Å²) in [5.74, 6) is 0.736. The Morgan fingerprint density at radius 3 is 2.62 bits per heavy atom. The van der Waals surface area contributed by atoms with Gasteiger partial charge in [0.15, 0.2) is 0 Å². The van der Waals surface area contributed by atoms with E-state index in [1.807, 2.05) is 67.9 Å². The number of H-pyrrole nitrogens is 1. The summed E-state index contributed by atoms with van der Waals surface area (Å²) in [6.07, 6.45) is 5.34. The van der Waals surface area contributed by atoms with Crippen molar-refractivity contribution in [2.75, 3.05) is 13.1 Å². The number of aromatic amines is 1. The van der Waals surface area contributed by atoms with Crippen molar-refractivity contribution in [2.45, 2.75) is 51.9 Å². The molecule has 0 saturated carbocycles. The van der Waals surface area contributed by atoms with Gasteiger partial charge >= 0.3 is 6.09 Å². The SMILES string of the molecule is CC(C)(C)OC(=O)NC1CCN(Cn2[nH]c(/C=C/c3ccccc3)nc2=S)CC1. The molecule has 2 heterocycles. The van der Waals surface area contributed by atoms with Crippen LogP contribution in [0.25, 0.3) is 12.2 Å². The monoisotopic (exact) mass is 415 g/mol. The number of hydrogen-bond donors (Lipinski definition) is 2. The maximum atomic E-state index is 11.9. The summed E-state index contributed by atoms with van der Waals surface area (Å²) < 4.78 is 7.75. The first-order chi connectivity index (χ1) is 13.8. The molecular formula is C21H29N5O2S. The van der Waals surface area contributed by atoms with E-state index in [-0.39, 0.29) is 12.1 Å². The number of nitrogens with one attached hydrogen (secondary N) is 2. The number of alkyl carbamates (subject to hydrolysis) is 1. The van der Waals surface area contributed by atoms with Crippen LogP contribution in [0.5, 0.6) is 0 Å². The second-order valence-electron chi connectivity index (χ2n) is 8.24. The predicted octanol–water partition coefficient (Wildman–Crippen LogP) is 4.06. The topological polar surface area (TPSA) is 75.2 Å². The van der Waals surface area contributed by atoms with Crippen molar-refractivity contribution in [2.24, 2.45) is 0 Å². The maximum absolute atomic E-state index is 11.9. The summed E-state index contributed by atoms with van der Waals surface area (Å²) in [4.78, 5) is 18.6. The summed E-state index contributed by atoms with van der Waals surface area (Å²) in [5, 5.41) is 6.21. The third-order valence-corrected chi connectivity index (χ3v) is 4.89. The Kier molecular flexibility index (Phi) is 6.87. The molecule has 29 heavy (non-hydrogen) atoms. The van der Waals surface area contributed by atoms with Crippen molar-refractivity contribution in [1.82, 2.24) is 25.0 Å². The predicted molar refractivity (Wildman–Crippen MR) is 117 cm³/mol. The number of nitrogens with zero attached hydrogens (tertiary/aromatic N) is 3. The minimum Gasteiger partial charge on any atom is -0.444 e. The number of likely N-dealkylation sites (tertiary alicyclic amines) is 1. The zero-order valence-corrected chi connectivity index (χ0v) is 18.0. The molecule has 1 aliphatic heterocycles. The highest BCUT2D eigenvalue weighted by atomic mass is 32.1. The molecular weight excluding hydrogens is 386 g/mol. The van der Waals surface area contributed by atoms with Gasteiger partial charge in [-0.2, -0.15) is 4.98 Å². The van der Waals surface area contributed by atoms with E-state index >= 15 is 0 Å². The molecule has 2 N–H and O–H groups in total. The van der Waals surface area contributed by atoms with Crippen LogP contribution in [0.15, 0.2) is 30.3 Å². The molecule has 0 bridgehead atoms. The Labute approximate surface area is 176 Å². The average molecular weight is 416 g/mol. The lowest BCUT2D eigenvalue weighted by molar-refractivity contribution is 0.0470. The number of benzene rings is 1. The molecule has 1 amide bonds. The normalized spacial score (nSPS) is 16.2. The van der Waals surface area contributed by atoms with E-state index in [1.54, 1.807) is 0 Å². The van der Waals surface area contributed by atoms with Gasteiger partial charge in [-0.25, -0.2) is 9.48 Å². The Hall–Kier alpha value is -2.45. The molecule has 1 fully saturated rings. The minimum absolute atomic E-state index is 0.139. The molecule has 156 valence electrons. The smallest absolute Gasteiger partial charge is 0.407 e. The summed E-state index contributed by atoms with van der Waals surface area (Å²) >= 11 is 5.39. The van der Waals surface area contributed by atoms with Crippen LogP contribution in [0.4, 0.5) is 4.79 Å². The molecule has 1 aromatic carbocycles. The van der Waals surface area contributed by atoms with Gasteiger partial charge in [0.05, 0.1) is 6.67 Å². The number of hydrogen-bond acceptors (Lipinski definition) is 5. The number of amides is 1. The van der Waals surface area contributed by atoms with Crippen LogP contribution >= 0.6 is 12.2 Å². The zero-order valence-electron chi connectivity index (χ0n) is 17.2. The highest BCUT2D eigenvalue weighted by Gasteiger charge is 2.23. The van der Waals surface area contributed by atoms with E-state index in [0.29, 0.717) is 11.4 Å². The number of ether oxygens (including phenoxy) is 1. The van der Waals surface area contributed by atoms with Crippen molar-refractivity contribution >= 4 is 30.5 Å². The minimum atomic E-state index is -0.478. The number of rotatable bonds is 5. The largest absolute Gasteiger partial charge is 0.444 e. The Morgan fingerprint density at radius 1 is 1.28 bits per heavy atom. The van der Waals surface area contributed by atoms with Crippen LogP contribution in [0.3, 0.4) is 0 Å². The van der Waals surface area contributed by atoms with E-state index < -0.39 is 5.60 Å². The quantitative estimate of drug-likeness (QED) is 0.721. The fraction of sp³-hybridized carbons (Fsp3) is 0.476. The van der Waals surface area contributed by atoms with Crippen LogP contribution in [-0.2, 0) is 11.4 Å². The van der Waals surface area contributed by atoms with Crippen molar-refractivity contribution in [3.05, 3.63) is 46.5 Å². The zero-order chi connectivity index (χ0) is 20.9. The first-order valence-electron chi connectivity index (χ1n) is 9.90. The fourth-order valence-electron chi connectivity index (χ4n) is 3.18. The van der Waals surface area contributed by atoms with Gasteiger partial charge in [-0.05, 0) is 57.5 Å². The summed E-state index contributed by atoms with van der Waals surface area (Å²) in [7, 11) is 0. The van der Waals surface area contributed by atoms with Crippen LogP contribution in [0.2, 0.25) is 0 Å². The van der Waals surface area contributed by atoms with Gasteiger partial charge < -0.3 is 10.1 Å². The van der Waals surface area contributed by atoms with Crippen molar-refractivity contribution in [1.29, 1.82) is 0 Å². The van der Waals surface area contributed by atoms with E-state index in [1.165, 1.54) is 0 Å². The van der Waals surface area contributed by atoms with E-state index in [9.17, 15) is 4.79 Å². The Balaban J connectivity index is 1.49. The second kappa shape index (κ2) is 9.37. The molecule has 0 atom stereocenters. The highest BCUT2D eigenvalue weighted by Crippen LogP contribution is 2.13. The summed E-state index contributed by atoms with van der Waals surface area (Å²) in [6.45, 7) is 8.00. The second-order valence-corrected chi connectivity index (χ2v) is 8.61. The van der Waals surface area contributed by atoms with Gasteiger partial charge in [-0.15, -0.1) is 0 Å². The molecule has 1 aliphatic rings. The molecule has 1 aromatic heterocycles. The molecule has 1 saturated heterocycles. The van der Waals surface area contributed by atoms with Crippen molar-refractivity contribution < 1.29 is 9.53 Å². The van der Waals surface area contributed by atoms with Gasteiger partial charge in [0.25, 0.3) is 0 Å². The summed E-state index contributed by atoms with van der Waals surface area (Å²) in [5.41, 5.74) is 0.634. The van der Waals surface area contributed by atoms with Gasteiger partial charge in [0.2, 0.25) is 4.77 Å². The van der Waals surface area contributed by atoms with Gasteiger partial charge in [-0.1, -0.05) is 36.4 Å². The molecule has 3 rings (SSSR count). The molecule has 0 radical (unpaired) electrons. The van der Waals surface area contributed by atoms with Crippen molar-refractivity contribution in [3.63, 3.8) is 0 Å². The van der Waals surface area contributed by atoms with E-state index in [4.69, 9.17) is 17.0 Å². The average Bonchev–Trinajstić information content (AvgIpc) is 3.00. The van der Waals surface area contributed by atoms with Crippen LogP contribution in [0, 0.1) is 4.77 Å². The molecule has 0 unspecified atom stereocenters. The molecule has 7 nitrogen and oxygen atoms in total. The van der Waals surface area contributed by atoms with Crippen molar-refractivity contribution in [3.8, 4) is 0 Å². The standard InChI is InChI=1S/C21H29N5O2S/c1-21(2,3)28-20(27)22-17-11-13-25(14-12-17)15-26-19(29)23-18(24-26)10-9-16-7-5-4-6-8-16/h4-10,17H,11-15H2,1-3H3,(H,22,27)(H,23,24,29)/b10-9+. The first kappa shape index (κ1) is 21.3. The van der Waals surface area contributed by atoms with E-state index in [2.05, 4.69) is 20.3 Å². The Bertz CT molecular complexity index is 890. The summed E-state index contributed by atoms with van der Waals surface area (Å²) in [6, 6.07) is 10.2. The van der Waals surface area contributed by atoms with Crippen LogP contribution in [-0.4, -0.2) is 50.5 Å². The third kappa shape index (κ3) is 6.83. The Morgan fingerprint density at radius 2 is 1.97 bits per heavy atom. The molecule has 0 aliphatic carbocycles. The van der Waals surface area contributed by atoms with Crippen LogP contribution in [0.1, 0.15) is 45.0 Å². The molecule has 8 heteroatoms. The van der Waals surface area contributed by atoms with E-state index in [0.717, 1.165) is 37.3 Å². The number of carbonyl (C=O) groups is 1. The lowest BCUT2D eigenvalue weighted by Gasteiger charge is -2.32. The number of piperidine rings is 1. The first-order valence-corrected chi connectivity index (χ1v) is 10.3. The molecule has 2 aromatic rings. The fourth-order valence-corrected chi connectivity index (χ4v) is 3.38. The lowest BCUT2D eigenvalue weighted by Crippen LogP contribution is -2.46. The highest BCUT2D eigenvalue weighted by molar-refractivity contribution is 7.71. The van der Waals surface area contributed by atoms with Gasteiger partial charge in [-0.3, -0.25) is 10.00 Å². The maximum Gasteiger partial charge on any atom is 0.407 e. The number of carbonyl (C=O) groups excluding carboxylic acids is 1. The van der Waals surface area contributed by atoms with Gasteiger partial charge in [0, 0.05) is 19.1 Å². The molecule has 0 spiro atoms. The number of aromatic nitrogens is 3. The third-order valence-electron chi connectivity index (χ3n) is 4.58. The lowest BCUT2D eigenvalue weighted by atomic mass is 10.1.